The highest BCUT2D eigenvalue weighted by Gasteiger charge is 2.25. The molecule has 3 rings (SSSR count). The lowest BCUT2D eigenvalue weighted by Gasteiger charge is -2.25. The fraction of sp³-hybridized carbons (Fsp3) is 0.650. The average Bonchev–Trinajstić information content (AvgIpc) is 3.06. The van der Waals surface area contributed by atoms with Crippen molar-refractivity contribution >= 4 is 40.0 Å². The van der Waals surface area contributed by atoms with Crippen molar-refractivity contribution in [2.45, 2.75) is 32.1 Å². The summed E-state index contributed by atoms with van der Waals surface area (Å²) < 4.78 is 27.0. The number of rotatable bonds is 8. The summed E-state index contributed by atoms with van der Waals surface area (Å²) in [5.41, 5.74) is 1.37. The van der Waals surface area contributed by atoms with Gasteiger partial charge >= 0.3 is 0 Å². The Hall–Kier alpha value is -0.870. The van der Waals surface area contributed by atoms with Gasteiger partial charge in [-0.25, -0.2) is 13.1 Å². The second-order valence-corrected chi connectivity index (χ2v) is 9.66. The van der Waals surface area contributed by atoms with E-state index in [1.54, 1.807) is 7.05 Å². The minimum absolute atomic E-state index is 0. The van der Waals surface area contributed by atoms with Gasteiger partial charge in [-0.2, -0.15) is 0 Å². The number of likely N-dealkylation sites (tertiary alicyclic amines) is 1. The van der Waals surface area contributed by atoms with Gasteiger partial charge in [0.2, 0.25) is 10.0 Å². The molecule has 28 heavy (non-hydrogen) atoms. The molecule has 2 fully saturated rings. The molecule has 8 heteroatoms. The summed E-state index contributed by atoms with van der Waals surface area (Å²) in [5, 5.41) is 3.22. The Labute approximate surface area is 186 Å². The summed E-state index contributed by atoms with van der Waals surface area (Å²) in [6.45, 7) is 2.89. The lowest BCUT2D eigenvalue weighted by Crippen LogP contribution is -2.43. The fourth-order valence-electron chi connectivity index (χ4n) is 3.78. The minimum atomic E-state index is -3.22. The van der Waals surface area contributed by atoms with Crippen LogP contribution in [0.2, 0.25) is 0 Å². The Bertz CT molecular complexity index is 723. The molecule has 0 amide bonds. The monoisotopic (exact) mass is 520 g/mol. The Balaban J connectivity index is 0.00000280. The molecule has 1 unspecified atom stereocenters. The molecule has 1 atom stereocenters. The van der Waals surface area contributed by atoms with Gasteiger partial charge in [-0.3, -0.25) is 4.99 Å². The molecular formula is C20H33IN4O2S. The van der Waals surface area contributed by atoms with Crippen LogP contribution in [0.3, 0.4) is 0 Å². The maximum Gasteiger partial charge on any atom is 0.213 e. The number of halogens is 1. The van der Waals surface area contributed by atoms with E-state index in [4.69, 9.17) is 0 Å². The summed E-state index contributed by atoms with van der Waals surface area (Å²) in [6, 6.07) is 10.6. The zero-order chi connectivity index (χ0) is 19.1. The third-order valence-electron chi connectivity index (χ3n) is 5.63. The number of hydrogen-bond donors (Lipinski definition) is 2. The maximum atomic E-state index is 12.1. The van der Waals surface area contributed by atoms with E-state index in [1.165, 1.54) is 12.0 Å². The van der Waals surface area contributed by atoms with Crippen molar-refractivity contribution < 1.29 is 8.42 Å². The standard InChI is InChI=1S/C20H32N4O2S.HI/c1-21-20(22-11-13-27(25,26)23-15-18-8-5-9-18)24-12-10-19(16-24)14-17-6-3-2-4-7-17;/h2-4,6-7,18-19,23H,5,8-16H2,1H3,(H,21,22);1H. The van der Waals surface area contributed by atoms with E-state index >= 15 is 0 Å². The van der Waals surface area contributed by atoms with E-state index in [0.717, 1.165) is 44.7 Å². The van der Waals surface area contributed by atoms with Gasteiger partial charge in [0.15, 0.2) is 5.96 Å². The van der Waals surface area contributed by atoms with Gasteiger partial charge in [-0.15, -0.1) is 24.0 Å². The van der Waals surface area contributed by atoms with Crippen molar-refractivity contribution in [2.24, 2.45) is 16.8 Å². The van der Waals surface area contributed by atoms with Gasteiger partial charge in [-0.05, 0) is 43.1 Å². The van der Waals surface area contributed by atoms with Gasteiger partial charge in [0.05, 0.1) is 5.75 Å². The van der Waals surface area contributed by atoms with Crippen LogP contribution in [0.15, 0.2) is 35.3 Å². The second-order valence-electron chi connectivity index (χ2n) is 7.73. The van der Waals surface area contributed by atoms with Crippen LogP contribution in [-0.2, 0) is 16.4 Å². The molecule has 6 nitrogen and oxygen atoms in total. The number of nitrogens with one attached hydrogen (secondary N) is 2. The lowest BCUT2D eigenvalue weighted by atomic mass is 9.86. The normalized spacial score (nSPS) is 20.5. The summed E-state index contributed by atoms with van der Waals surface area (Å²) in [5.74, 6) is 2.03. The van der Waals surface area contributed by atoms with Crippen LogP contribution in [-0.4, -0.2) is 58.3 Å². The Kier molecular flexibility index (Phi) is 9.49. The molecule has 0 radical (unpaired) electrons. The third kappa shape index (κ3) is 7.18. The van der Waals surface area contributed by atoms with E-state index in [0.29, 0.717) is 24.9 Å². The summed E-state index contributed by atoms with van der Waals surface area (Å²) in [4.78, 5) is 6.58. The fourth-order valence-corrected chi connectivity index (χ4v) is 4.79. The van der Waals surface area contributed by atoms with Crippen LogP contribution in [0.1, 0.15) is 31.2 Å². The topological polar surface area (TPSA) is 73.8 Å². The average molecular weight is 520 g/mol. The molecule has 0 bridgehead atoms. The minimum Gasteiger partial charge on any atom is -0.355 e. The molecule has 1 saturated heterocycles. The van der Waals surface area contributed by atoms with Crippen molar-refractivity contribution in [2.75, 3.05) is 39.0 Å². The summed E-state index contributed by atoms with van der Waals surface area (Å²) in [6.07, 6.45) is 5.73. The zero-order valence-electron chi connectivity index (χ0n) is 16.6. The Morgan fingerprint density at radius 3 is 2.57 bits per heavy atom. The van der Waals surface area contributed by atoms with Crippen LogP contribution in [0.5, 0.6) is 0 Å². The van der Waals surface area contributed by atoms with Crippen molar-refractivity contribution in [1.29, 1.82) is 0 Å². The van der Waals surface area contributed by atoms with Gasteiger partial charge in [-0.1, -0.05) is 36.8 Å². The third-order valence-corrected chi connectivity index (χ3v) is 6.98. The molecule has 1 aliphatic heterocycles. The largest absolute Gasteiger partial charge is 0.355 e. The highest BCUT2D eigenvalue weighted by molar-refractivity contribution is 14.0. The van der Waals surface area contributed by atoms with Gasteiger partial charge in [0.1, 0.15) is 0 Å². The first-order chi connectivity index (χ1) is 13.1. The molecule has 158 valence electrons. The van der Waals surface area contributed by atoms with Crippen LogP contribution < -0.4 is 10.0 Å². The summed E-state index contributed by atoms with van der Waals surface area (Å²) in [7, 11) is -1.46. The van der Waals surface area contributed by atoms with Crippen molar-refractivity contribution in [3.63, 3.8) is 0 Å². The molecular weight excluding hydrogens is 487 g/mol. The molecule has 1 aromatic rings. The second kappa shape index (κ2) is 11.3. The lowest BCUT2D eigenvalue weighted by molar-refractivity contribution is 0.316. The first kappa shape index (κ1) is 23.4. The van der Waals surface area contributed by atoms with Crippen LogP contribution in [0.25, 0.3) is 0 Å². The maximum absolute atomic E-state index is 12.1. The molecule has 1 heterocycles. The Morgan fingerprint density at radius 2 is 1.93 bits per heavy atom. The van der Waals surface area contributed by atoms with Crippen molar-refractivity contribution in [3.8, 4) is 0 Å². The quantitative estimate of drug-likeness (QED) is 0.314. The molecule has 0 spiro atoms. The van der Waals surface area contributed by atoms with Crippen LogP contribution in [0.4, 0.5) is 0 Å². The van der Waals surface area contributed by atoms with Gasteiger partial charge in [0.25, 0.3) is 0 Å². The number of aliphatic imine (C=N–C) groups is 1. The van der Waals surface area contributed by atoms with Crippen molar-refractivity contribution in [3.05, 3.63) is 35.9 Å². The van der Waals surface area contributed by atoms with Crippen LogP contribution in [0, 0.1) is 11.8 Å². The van der Waals surface area contributed by atoms with Crippen LogP contribution >= 0.6 is 24.0 Å². The van der Waals surface area contributed by atoms with Gasteiger partial charge < -0.3 is 10.2 Å². The predicted molar refractivity (Wildman–Crippen MR) is 126 cm³/mol. The molecule has 1 saturated carbocycles. The highest BCUT2D eigenvalue weighted by atomic mass is 127. The number of nitrogens with zero attached hydrogens (tertiary/aromatic N) is 2. The van der Waals surface area contributed by atoms with E-state index in [-0.39, 0.29) is 29.7 Å². The SMILES string of the molecule is CN=C(NCCS(=O)(=O)NCC1CCC1)N1CCC(Cc2ccccc2)C1.I. The van der Waals surface area contributed by atoms with E-state index in [2.05, 4.69) is 44.2 Å². The molecule has 2 aliphatic rings. The van der Waals surface area contributed by atoms with E-state index in [9.17, 15) is 8.42 Å². The Morgan fingerprint density at radius 1 is 1.18 bits per heavy atom. The van der Waals surface area contributed by atoms with Crippen molar-refractivity contribution in [1.82, 2.24) is 14.9 Å². The first-order valence-electron chi connectivity index (χ1n) is 10.0. The van der Waals surface area contributed by atoms with Gasteiger partial charge in [0, 0.05) is 33.2 Å². The summed E-state index contributed by atoms with van der Waals surface area (Å²) >= 11 is 0. The zero-order valence-corrected chi connectivity index (χ0v) is 19.8. The number of sulfonamides is 1. The smallest absolute Gasteiger partial charge is 0.213 e. The van der Waals surface area contributed by atoms with E-state index < -0.39 is 10.0 Å². The molecule has 2 N–H and O–H groups in total. The number of guanidine groups is 1. The molecule has 1 aliphatic carbocycles. The highest BCUT2D eigenvalue weighted by Crippen LogP contribution is 2.25. The molecule has 1 aromatic carbocycles. The first-order valence-corrected chi connectivity index (χ1v) is 11.7. The van der Waals surface area contributed by atoms with E-state index in [1.807, 2.05) is 6.07 Å². The predicted octanol–water partition coefficient (Wildman–Crippen LogP) is 2.46. The molecule has 0 aromatic heterocycles. The number of hydrogen-bond acceptors (Lipinski definition) is 3. The number of benzene rings is 1.